The first kappa shape index (κ1) is 15.6. The van der Waals surface area contributed by atoms with Crippen LogP contribution in [0.3, 0.4) is 0 Å². The summed E-state index contributed by atoms with van der Waals surface area (Å²) >= 11 is 0. The molecular formula is C11H15F3N2O. The molecule has 0 radical (unpaired) electrons. The van der Waals surface area contributed by atoms with Gasteiger partial charge in [0.15, 0.2) is 0 Å². The predicted octanol–water partition coefficient (Wildman–Crippen LogP) is 2.88. The van der Waals surface area contributed by atoms with Gasteiger partial charge in [0, 0.05) is 13.3 Å². The smallest absolute Gasteiger partial charge is 0.400 e. The van der Waals surface area contributed by atoms with E-state index in [1.54, 1.807) is 0 Å². The van der Waals surface area contributed by atoms with Crippen LogP contribution in [-0.4, -0.2) is 22.9 Å². The largest absolute Gasteiger partial charge is 0.417 e. The van der Waals surface area contributed by atoms with Crippen LogP contribution in [0.5, 0.6) is 0 Å². The van der Waals surface area contributed by atoms with Crippen molar-refractivity contribution in [3.05, 3.63) is 29.6 Å². The number of pyridine rings is 1. The normalized spacial score (nSPS) is 10.5. The van der Waals surface area contributed by atoms with Crippen molar-refractivity contribution in [2.45, 2.75) is 25.9 Å². The Hall–Kier alpha value is -1.43. The first-order valence-electron chi connectivity index (χ1n) is 5.01. The van der Waals surface area contributed by atoms with Crippen molar-refractivity contribution < 1.29 is 18.3 Å². The minimum Gasteiger partial charge on any atom is -0.400 e. The van der Waals surface area contributed by atoms with Gasteiger partial charge in [0.2, 0.25) is 0 Å². The van der Waals surface area contributed by atoms with Crippen LogP contribution >= 0.6 is 0 Å². The number of aliphatic hydroxyl groups excluding tert-OH is 1. The van der Waals surface area contributed by atoms with Gasteiger partial charge in [0.1, 0.15) is 0 Å². The van der Waals surface area contributed by atoms with E-state index in [4.69, 9.17) is 10.5 Å². The van der Waals surface area contributed by atoms with Gasteiger partial charge in [-0.05, 0) is 18.6 Å². The number of rotatable bonds is 3. The van der Waals surface area contributed by atoms with E-state index in [1.807, 2.05) is 6.92 Å². The monoisotopic (exact) mass is 248 g/mol. The summed E-state index contributed by atoms with van der Waals surface area (Å²) < 4.78 is 36.5. The predicted molar refractivity (Wildman–Crippen MR) is 59.1 cm³/mol. The maximum Gasteiger partial charge on any atom is 0.417 e. The number of hydrogen-bond acceptors (Lipinski definition) is 3. The lowest BCUT2D eigenvalue weighted by atomic mass is 10.1. The molecular weight excluding hydrogens is 233 g/mol. The van der Waals surface area contributed by atoms with Crippen LogP contribution in [-0.2, 0) is 6.18 Å². The third kappa shape index (κ3) is 4.95. The van der Waals surface area contributed by atoms with Gasteiger partial charge in [0.25, 0.3) is 0 Å². The molecule has 0 aliphatic heterocycles. The molecule has 0 bridgehead atoms. The van der Waals surface area contributed by atoms with Gasteiger partial charge in [-0.15, -0.1) is 0 Å². The topological polar surface area (TPSA) is 57.0 Å². The number of nitrogens with zero attached hydrogens (tertiary/aromatic N) is 1. The second-order valence-electron chi connectivity index (χ2n) is 3.16. The summed E-state index contributed by atoms with van der Waals surface area (Å²) in [6, 6.07) is 2.19. The Labute approximate surface area is 97.8 Å². The van der Waals surface area contributed by atoms with E-state index in [2.05, 4.69) is 4.98 Å². The lowest BCUT2D eigenvalue weighted by Gasteiger charge is -2.07. The number of nitrogens with one attached hydrogen (secondary N) is 1. The third-order valence-corrected chi connectivity index (χ3v) is 1.90. The lowest BCUT2D eigenvalue weighted by Crippen LogP contribution is -2.08. The van der Waals surface area contributed by atoms with E-state index in [1.165, 1.54) is 6.07 Å². The van der Waals surface area contributed by atoms with Crippen LogP contribution in [0, 0.1) is 5.41 Å². The van der Waals surface area contributed by atoms with Crippen molar-refractivity contribution in [3.8, 4) is 0 Å². The highest BCUT2D eigenvalue weighted by Gasteiger charge is 2.30. The summed E-state index contributed by atoms with van der Waals surface area (Å²) in [6.45, 7) is 1.90. The summed E-state index contributed by atoms with van der Waals surface area (Å²) in [5.41, 5.74) is -0.202. The Morgan fingerprint density at radius 2 is 1.94 bits per heavy atom. The quantitative estimate of drug-likeness (QED) is 0.808. The molecule has 2 N–H and O–H groups in total. The standard InChI is InChI=1S/C10H11F3N2.CH4O/c1-2-3-8(14)9-5-4-7(6-15-9)10(11,12)13;1-2/h4-6,14H,2-3H2,1H3;2H,1H3. The van der Waals surface area contributed by atoms with Crippen molar-refractivity contribution in [2.24, 2.45) is 0 Å². The van der Waals surface area contributed by atoms with Gasteiger partial charge in [0.05, 0.1) is 17.0 Å². The lowest BCUT2D eigenvalue weighted by molar-refractivity contribution is -0.137. The second kappa shape index (κ2) is 7.01. The van der Waals surface area contributed by atoms with Crippen LogP contribution in [0.2, 0.25) is 0 Å². The highest BCUT2D eigenvalue weighted by Crippen LogP contribution is 2.28. The molecule has 0 unspecified atom stereocenters. The van der Waals surface area contributed by atoms with Crippen molar-refractivity contribution >= 4 is 5.71 Å². The zero-order chi connectivity index (χ0) is 13.5. The molecule has 1 aromatic rings. The Kier molecular flexibility index (Phi) is 6.42. The van der Waals surface area contributed by atoms with Gasteiger partial charge < -0.3 is 10.5 Å². The second-order valence-corrected chi connectivity index (χ2v) is 3.16. The van der Waals surface area contributed by atoms with E-state index < -0.39 is 11.7 Å². The number of aromatic nitrogens is 1. The fourth-order valence-corrected chi connectivity index (χ4v) is 1.12. The van der Waals surface area contributed by atoms with Gasteiger partial charge in [-0.2, -0.15) is 13.2 Å². The fraction of sp³-hybridized carbons (Fsp3) is 0.455. The minimum absolute atomic E-state index is 0.270. The molecule has 0 aromatic carbocycles. The Morgan fingerprint density at radius 1 is 1.35 bits per heavy atom. The molecule has 0 atom stereocenters. The molecule has 0 saturated carbocycles. The molecule has 17 heavy (non-hydrogen) atoms. The van der Waals surface area contributed by atoms with Crippen LogP contribution in [0.25, 0.3) is 0 Å². The Bertz CT molecular complexity index is 347. The van der Waals surface area contributed by atoms with E-state index in [0.717, 1.165) is 25.8 Å². The van der Waals surface area contributed by atoms with Crippen LogP contribution in [0.1, 0.15) is 31.0 Å². The zero-order valence-corrected chi connectivity index (χ0v) is 9.67. The molecule has 6 heteroatoms. The van der Waals surface area contributed by atoms with Crippen LogP contribution in [0.4, 0.5) is 13.2 Å². The molecule has 3 nitrogen and oxygen atoms in total. The van der Waals surface area contributed by atoms with Crippen LogP contribution < -0.4 is 0 Å². The maximum absolute atomic E-state index is 12.2. The molecule has 1 heterocycles. The molecule has 1 rings (SSSR count). The van der Waals surface area contributed by atoms with E-state index in [9.17, 15) is 13.2 Å². The summed E-state index contributed by atoms with van der Waals surface area (Å²) in [7, 11) is 1.00. The highest BCUT2D eigenvalue weighted by molar-refractivity contribution is 5.96. The minimum atomic E-state index is -4.36. The van der Waals surface area contributed by atoms with E-state index in [-0.39, 0.29) is 5.71 Å². The summed E-state index contributed by atoms with van der Waals surface area (Å²) in [4.78, 5) is 3.62. The molecule has 0 aliphatic carbocycles. The zero-order valence-electron chi connectivity index (χ0n) is 9.67. The van der Waals surface area contributed by atoms with Crippen molar-refractivity contribution in [1.29, 1.82) is 5.41 Å². The fourth-order valence-electron chi connectivity index (χ4n) is 1.12. The average Bonchev–Trinajstić information content (AvgIpc) is 2.31. The summed E-state index contributed by atoms with van der Waals surface area (Å²) in [5, 5.41) is 14.5. The van der Waals surface area contributed by atoms with E-state index >= 15 is 0 Å². The molecule has 0 saturated heterocycles. The molecule has 1 aromatic heterocycles. The first-order chi connectivity index (χ1) is 7.95. The molecule has 0 aliphatic rings. The molecule has 0 spiro atoms. The van der Waals surface area contributed by atoms with Gasteiger partial charge in [-0.25, -0.2) is 0 Å². The number of aliphatic hydroxyl groups is 1. The molecule has 96 valence electrons. The van der Waals surface area contributed by atoms with Gasteiger partial charge in [-0.3, -0.25) is 4.98 Å². The van der Waals surface area contributed by atoms with E-state index in [0.29, 0.717) is 12.1 Å². The SMILES string of the molecule is CCCC(=N)c1ccc(C(F)(F)F)cn1.CO. The van der Waals surface area contributed by atoms with Crippen molar-refractivity contribution in [3.63, 3.8) is 0 Å². The number of alkyl halides is 3. The van der Waals surface area contributed by atoms with Gasteiger partial charge in [-0.1, -0.05) is 13.3 Å². The summed E-state index contributed by atoms with van der Waals surface area (Å²) in [6.07, 6.45) is -2.29. The van der Waals surface area contributed by atoms with Crippen molar-refractivity contribution in [1.82, 2.24) is 4.98 Å². The van der Waals surface area contributed by atoms with Crippen LogP contribution in [0.15, 0.2) is 18.3 Å². The molecule has 0 amide bonds. The Morgan fingerprint density at radius 3 is 2.29 bits per heavy atom. The number of hydrogen-bond donors (Lipinski definition) is 2. The number of halogens is 3. The summed E-state index contributed by atoms with van der Waals surface area (Å²) in [5.74, 6) is 0. The Balaban J connectivity index is 0.00000121. The molecule has 0 fully saturated rings. The third-order valence-electron chi connectivity index (χ3n) is 1.90. The highest BCUT2D eigenvalue weighted by atomic mass is 19.4. The average molecular weight is 248 g/mol. The first-order valence-corrected chi connectivity index (χ1v) is 5.01. The maximum atomic E-state index is 12.2. The van der Waals surface area contributed by atoms with Gasteiger partial charge >= 0.3 is 6.18 Å². The van der Waals surface area contributed by atoms with Crippen molar-refractivity contribution in [2.75, 3.05) is 7.11 Å².